The van der Waals surface area contributed by atoms with Gasteiger partial charge in [-0.1, -0.05) is 17.7 Å². The maximum atomic E-state index is 15.2. The molecule has 3 rings (SSSR count). The van der Waals surface area contributed by atoms with Crippen molar-refractivity contribution in [2.24, 2.45) is 0 Å². The quantitative estimate of drug-likeness (QED) is 0.241. The molecular formula is C21H17ClF2IN3O3S. The number of ether oxygens (including phenoxy) is 1. The number of nitrogens with zero attached hydrogens (tertiary/aromatic N) is 1. The highest BCUT2D eigenvalue weighted by Crippen LogP contribution is 2.47. The van der Waals surface area contributed by atoms with E-state index in [-0.39, 0.29) is 51.6 Å². The smallest absolute Gasteiger partial charge is 0.412 e. The maximum Gasteiger partial charge on any atom is 0.412 e. The van der Waals surface area contributed by atoms with Crippen molar-refractivity contribution in [2.75, 3.05) is 11.1 Å². The second kappa shape index (κ2) is 8.97. The molecule has 0 aliphatic heterocycles. The van der Waals surface area contributed by atoms with Gasteiger partial charge < -0.3 is 15.6 Å². The number of nitrogens with one attached hydrogen (secondary N) is 1. The molecule has 1 aromatic heterocycles. The van der Waals surface area contributed by atoms with Crippen LogP contribution >= 0.6 is 45.5 Å². The predicted molar refractivity (Wildman–Crippen MR) is 130 cm³/mol. The highest BCUT2D eigenvalue weighted by Gasteiger charge is 2.27. The number of nitrogen functional groups attached to an aromatic ring is 1. The van der Waals surface area contributed by atoms with E-state index in [1.54, 1.807) is 43.4 Å². The largest absolute Gasteiger partial charge is 0.444 e. The number of hydrogen-bond donors (Lipinski definition) is 3. The van der Waals surface area contributed by atoms with Crippen LogP contribution in [-0.2, 0) is 11.3 Å². The van der Waals surface area contributed by atoms with Crippen LogP contribution in [0, 0.1) is 26.5 Å². The molecule has 2 aromatic carbocycles. The van der Waals surface area contributed by atoms with Gasteiger partial charge >= 0.3 is 6.09 Å². The van der Waals surface area contributed by atoms with E-state index in [9.17, 15) is 19.6 Å². The zero-order valence-electron chi connectivity index (χ0n) is 17.1. The lowest BCUT2D eigenvalue weighted by molar-refractivity contribution is 0.0636. The number of thiophene rings is 1. The molecule has 4 N–H and O–H groups in total. The van der Waals surface area contributed by atoms with Crippen molar-refractivity contribution in [3.63, 3.8) is 0 Å². The number of carbonyl (C=O) groups excluding carboxylic acids is 1. The summed E-state index contributed by atoms with van der Waals surface area (Å²) in [4.78, 5) is 12.2. The van der Waals surface area contributed by atoms with Crippen LogP contribution < -0.4 is 11.1 Å². The zero-order chi connectivity index (χ0) is 24.0. The van der Waals surface area contributed by atoms with Gasteiger partial charge in [0.05, 0.1) is 27.6 Å². The van der Waals surface area contributed by atoms with Crippen molar-refractivity contribution in [1.29, 1.82) is 5.26 Å². The highest BCUT2D eigenvalue weighted by atomic mass is 127. The minimum Gasteiger partial charge on any atom is -0.444 e. The van der Waals surface area contributed by atoms with E-state index in [0.29, 0.717) is 0 Å². The van der Waals surface area contributed by atoms with Crippen LogP contribution in [0.4, 0.5) is 24.3 Å². The van der Waals surface area contributed by atoms with E-state index in [1.807, 2.05) is 6.07 Å². The van der Waals surface area contributed by atoms with Gasteiger partial charge in [0.15, 0.2) is 5.82 Å². The van der Waals surface area contributed by atoms with Crippen molar-refractivity contribution in [1.82, 2.24) is 0 Å². The number of fused-ring (bicyclic) bond motifs is 1. The molecule has 0 atom stereocenters. The van der Waals surface area contributed by atoms with E-state index < -0.39 is 29.9 Å². The van der Waals surface area contributed by atoms with Crippen molar-refractivity contribution in [2.45, 2.75) is 33.0 Å². The number of benzene rings is 2. The number of aliphatic hydroxyl groups excluding tert-OH is 1. The summed E-state index contributed by atoms with van der Waals surface area (Å²) in [7, 11) is 0. The zero-order valence-corrected chi connectivity index (χ0v) is 20.8. The summed E-state index contributed by atoms with van der Waals surface area (Å²) < 4.78 is 35.4. The minimum absolute atomic E-state index is 0.0169. The van der Waals surface area contributed by atoms with Crippen molar-refractivity contribution in [3.05, 3.63) is 43.5 Å². The predicted octanol–water partition coefficient (Wildman–Crippen LogP) is 6.40. The average Bonchev–Trinajstić information content (AvgIpc) is 3.05. The topological polar surface area (TPSA) is 108 Å². The summed E-state index contributed by atoms with van der Waals surface area (Å²) in [6.07, 6.45) is -0.826. The molecule has 3 aromatic rings. The lowest BCUT2D eigenvalue weighted by Gasteiger charge is -2.19. The summed E-state index contributed by atoms with van der Waals surface area (Å²) in [5.74, 6) is -1.53. The molecule has 6 nitrogen and oxygen atoms in total. The Morgan fingerprint density at radius 1 is 1.41 bits per heavy atom. The van der Waals surface area contributed by atoms with E-state index >= 15 is 4.39 Å². The Morgan fingerprint density at radius 3 is 2.62 bits per heavy atom. The van der Waals surface area contributed by atoms with Gasteiger partial charge in [-0.15, -0.1) is 11.3 Å². The Hall–Kier alpha value is -2.20. The average molecular weight is 592 g/mol. The van der Waals surface area contributed by atoms with Crippen LogP contribution in [0.3, 0.4) is 0 Å². The van der Waals surface area contributed by atoms with E-state index in [2.05, 4.69) is 5.32 Å². The lowest BCUT2D eigenvalue weighted by atomic mass is 9.96. The molecule has 0 aliphatic rings. The maximum absolute atomic E-state index is 15.2. The number of halogens is 4. The number of carbonyl (C=O) groups is 1. The second-order valence-electron chi connectivity index (χ2n) is 7.71. The first-order valence-corrected chi connectivity index (χ1v) is 11.4. The molecule has 0 unspecified atom stereocenters. The molecular weight excluding hydrogens is 575 g/mol. The molecule has 32 heavy (non-hydrogen) atoms. The molecule has 0 fully saturated rings. The van der Waals surface area contributed by atoms with Crippen LogP contribution in [0.2, 0.25) is 5.02 Å². The lowest BCUT2D eigenvalue weighted by Crippen LogP contribution is -2.27. The summed E-state index contributed by atoms with van der Waals surface area (Å²) >= 11 is 8.99. The summed E-state index contributed by atoms with van der Waals surface area (Å²) in [6.45, 7) is 4.51. The number of anilines is 2. The molecule has 0 saturated carbocycles. The Balaban J connectivity index is 2.32. The molecule has 0 saturated heterocycles. The van der Waals surface area contributed by atoms with E-state index in [4.69, 9.17) is 22.1 Å². The molecule has 0 radical (unpaired) electrons. The van der Waals surface area contributed by atoms with Crippen LogP contribution in [0.1, 0.15) is 31.9 Å². The van der Waals surface area contributed by atoms with Gasteiger partial charge in [0.25, 0.3) is 0 Å². The Morgan fingerprint density at radius 2 is 2.06 bits per heavy atom. The van der Waals surface area contributed by atoms with Gasteiger partial charge in [-0.2, -0.15) is 5.26 Å². The fourth-order valence-electron chi connectivity index (χ4n) is 3.08. The van der Waals surface area contributed by atoms with Gasteiger partial charge in [-0.3, -0.25) is 5.32 Å². The first kappa shape index (κ1) is 24.4. The second-order valence-corrected chi connectivity index (χ2v) is 10.2. The molecule has 1 heterocycles. The van der Waals surface area contributed by atoms with Crippen molar-refractivity contribution < 1.29 is 23.4 Å². The van der Waals surface area contributed by atoms with Crippen LogP contribution in [0.25, 0.3) is 21.2 Å². The first-order chi connectivity index (χ1) is 14.9. The summed E-state index contributed by atoms with van der Waals surface area (Å²) in [5.41, 5.74) is 4.92. The summed E-state index contributed by atoms with van der Waals surface area (Å²) in [6, 6.07) is 4.33. The number of nitriles is 1. The molecule has 168 valence electrons. The third-order valence-electron chi connectivity index (χ3n) is 4.39. The standard InChI is InChI=1S/C21H17ClF2IN3O3S/c1-21(2,3)31-20(30)28-19-9(6-26)12-8(4-5-11(23)18(12)32-19)13-14(22)10(7-29)16(25)17(27)15(13)24/h4-5,29H,7,27H2,1-3H3,(H,28,30). The highest BCUT2D eigenvalue weighted by molar-refractivity contribution is 14.1. The first-order valence-electron chi connectivity index (χ1n) is 9.12. The molecule has 0 bridgehead atoms. The SMILES string of the molecule is CC(C)(C)OC(=O)Nc1sc2c(F)ccc(-c3c(F)c(N)c(I)c(CO)c3Cl)c2c1C#N. The number of nitrogens with two attached hydrogens (primary N) is 1. The number of amides is 1. The Bertz CT molecular complexity index is 1300. The van der Waals surface area contributed by atoms with Crippen molar-refractivity contribution >= 4 is 72.4 Å². The fourth-order valence-corrected chi connectivity index (χ4v) is 5.33. The third-order valence-corrected chi connectivity index (χ3v) is 7.15. The normalized spacial score (nSPS) is 11.5. The Labute approximate surface area is 205 Å². The van der Waals surface area contributed by atoms with Gasteiger partial charge in [-0.25, -0.2) is 13.6 Å². The molecule has 0 spiro atoms. The van der Waals surface area contributed by atoms with E-state index in [1.165, 1.54) is 6.07 Å². The molecule has 0 aliphatic carbocycles. The van der Waals surface area contributed by atoms with Gasteiger partial charge in [0.2, 0.25) is 0 Å². The summed E-state index contributed by atoms with van der Waals surface area (Å²) in [5, 5.41) is 22.0. The van der Waals surface area contributed by atoms with Crippen molar-refractivity contribution in [3.8, 4) is 17.2 Å². The van der Waals surface area contributed by atoms with E-state index in [0.717, 1.165) is 17.4 Å². The van der Waals surface area contributed by atoms with Crippen LogP contribution in [-0.4, -0.2) is 16.8 Å². The fraction of sp³-hybridized carbons (Fsp3) is 0.238. The van der Waals surface area contributed by atoms with Crippen LogP contribution in [0.15, 0.2) is 12.1 Å². The monoisotopic (exact) mass is 591 g/mol. The van der Waals surface area contributed by atoms with Gasteiger partial charge in [0.1, 0.15) is 22.5 Å². The molecule has 1 amide bonds. The van der Waals surface area contributed by atoms with Gasteiger partial charge in [0, 0.05) is 20.1 Å². The minimum atomic E-state index is -0.860. The number of hydrogen-bond acceptors (Lipinski definition) is 6. The third kappa shape index (κ3) is 4.34. The number of rotatable bonds is 3. The molecule has 11 heteroatoms. The van der Waals surface area contributed by atoms with Gasteiger partial charge in [-0.05, 0) is 55.0 Å². The Kier molecular flexibility index (Phi) is 6.86. The number of aliphatic hydroxyl groups is 1. The van der Waals surface area contributed by atoms with Crippen LogP contribution in [0.5, 0.6) is 0 Å².